The molecule has 1 saturated heterocycles. The van der Waals surface area contributed by atoms with Gasteiger partial charge < -0.3 is 9.47 Å². The van der Waals surface area contributed by atoms with Crippen molar-refractivity contribution in [3.05, 3.63) is 59.5 Å². The second-order valence-electron chi connectivity index (χ2n) is 7.26. The summed E-state index contributed by atoms with van der Waals surface area (Å²) in [5.41, 5.74) is 4.94. The maximum absolute atomic E-state index is 13.5. The van der Waals surface area contributed by atoms with Crippen molar-refractivity contribution in [2.75, 3.05) is 20.1 Å². The van der Waals surface area contributed by atoms with Gasteiger partial charge in [0.15, 0.2) is 0 Å². The molecule has 1 aliphatic rings. The Morgan fingerprint density at radius 2 is 1.93 bits per heavy atom. The Balaban J connectivity index is 1.83. The molecule has 0 bridgehead atoms. The number of rotatable bonds is 6. The average Bonchev–Trinajstić information content (AvgIpc) is 3.23. The number of carbonyl (C=O) groups excluding carboxylic acids is 1. The molecule has 5 nitrogen and oxygen atoms in total. The summed E-state index contributed by atoms with van der Waals surface area (Å²) in [6.45, 7) is 5.36. The number of halogens is 2. The van der Waals surface area contributed by atoms with E-state index in [-0.39, 0.29) is 11.8 Å². The number of thioether (sulfide) groups is 1. The number of aromatic nitrogens is 1. The highest BCUT2D eigenvalue weighted by atomic mass is 35.5. The van der Waals surface area contributed by atoms with E-state index in [9.17, 15) is 9.18 Å². The minimum Gasteiger partial charge on any atom is -0.320 e. The number of nitrogens with one attached hydrogen (secondary N) is 1. The third kappa shape index (κ3) is 3.45. The zero-order chi connectivity index (χ0) is 21.5. The van der Waals surface area contributed by atoms with Gasteiger partial charge in [0.2, 0.25) is 0 Å². The van der Waals surface area contributed by atoms with Crippen LogP contribution in [-0.4, -0.2) is 45.5 Å². The Labute approximate surface area is 184 Å². The minimum atomic E-state index is -0.452. The lowest BCUT2D eigenvalue weighted by Crippen LogP contribution is -2.50. The molecule has 1 unspecified atom stereocenters. The highest BCUT2D eigenvalue weighted by molar-refractivity contribution is 8.01. The zero-order valence-electron chi connectivity index (χ0n) is 17.2. The lowest BCUT2D eigenvalue weighted by molar-refractivity contribution is 0.159. The summed E-state index contributed by atoms with van der Waals surface area (Å²) in [5.74, 6) is -0.272. The average molecular weight is 447 g/mol. The number of hydrogen-bond acceptors (Lipinski definition) is 3. The van der Waals surface area contributed by atoms with Crippen LogP contribution in [0.3, 0.4) is 0 Å². The summed E-state index contributed by atoms with van der Waals surface area (Å²) < 4.78 is 15.5. The number of nitrogens with zero attached hydrogens (tertiary/aromatic N) is 3. The summed E-state index contributed by atoms with van der Waals surface area (Å²) in [5, 5.41) is 3.38. The van der Waals surface area contributed by atoms with Gasteiger partial charge in [-0.15, -0.1) is 0 Å². The van der Waals surface area contributed by atoms with Crippen LogP contribution in [0.25, 0.3) is 16.6 Å². The standard InChI is InChI=1S/C22H24ClFN4OS/c1-4-22(14-26(5-2)21(29)28(22)25-3)30-20-13-27(17-9-7-16(24)8-10-17)19-11-6-15(23)12-18(19)20/h6-13,25H,4-5,14H2,1-3H3. The molecule has 2 aromatic carbocycles. The van der Waals surface area contributed by atoms with Crippen molar-refractivity contribution in [3.63, 3.8) is 0 Å². The van der Waals surface area contributed by atoms with E-state index < -0.39 is 4.87 Å². The molecule has 1 aliphatic heterocycles. The fourth-order valence-electron chi connectivity index (χ4n) is 3.99. The summed E-state index contributed by atoms with van der Waals surface area (Å²) in [7, 11) is 1.78. The number of benzene rings is 2. The number of hydrogen-bond donors (Lipinski definition) is 1. The quantitative estimate of drug-likeness (QED) is 0.542. The van der Waals surface area contributed by atoms with Crippen molar-refractivity contribution in [1.82, 2.24) is 19.9 Å². The maximum Gasteiger partial charge on any atom is 0.335 e. The molecule has 4 rings (SSSR count). The molecular weight excluding hydrogens is 423 g/mol. The highest BCUT2D eigenvalue weighted by Crippen LogP contribution is 2.46. The lowest BCUT2D eigenvalue weighted by atomic mass is 10.2. The molecule has 0 radical (unpaired) electrons. The third-order valence-electron chi connectivity index (χ3n) is 5.60. The van der Waals surface area contributed by atoms with E-state index in [1.54, 1.807) is 36.0 Å². The van der Waals surface area contributed by atoms with Gasteiger partial charge in [0.25, 0.3) is 0 Å². The van der Waals surface area contributed by atoms with Gasteiger partial charge in [-0.25, -0.2) is 19.6 Å². The van der Waals surface area contributed by atoms with Crippen LogP contribution >= 0.6 is 23.4 Å². The van der Waals surface area contributed by atoms with Crippen LogP contribution in [-0.2, 0) is 0 Å². The summed E-state index contributed by atoms with van der Waals surface area (Å²) in [4.78, 5) is 15.2. The molecule has 1 fully saturated rings. The first kappa shape index (κ1) is 21.0. The van der Waals surface area contributed by atoms with Crippen molar-refractivity contribution in [3.8, 4) is 5.69 Å². The van der Waals surface area contributed by atoms with E-state index in [0.29, 0.717) is 18.1 Å². The second-order valence-corrected chi connectivity index (χ2v) is 9.10. The fourth-order valence-corrected chi connectivity index (χ4v) is 5.63. The first-order valence-electron chi connectivity index (χ1n) is 9.94. The topological polar surface area (TPSA) is 40.5 Å². The van der Waals surface area contributed by atoms with Crippen LogP contribution in [0.1, 0.15) is 20.3 Å². The molecule has 1 aromatic heterocycles. The van der Waals surface area contributed by atoms with Crippen molar-refractivity contribution in [1.29, 1.82) is 0 Å². The number of carbonyl (C=O) groups is 1. The summed E-state index contributed by atoms with van der Waals surface area (Å²) in [6, 6.07) is 12.2. The van der Waals surface area contributed by atoms with E-state index in [1.807, 2.05) is 40.8 Å². The Hall–Kier alpha value is -2.22. The van der Waals surface area contributed by atoms with Gasteiger partial charge in [-0.05, 0) is 55.8 Å². The lowest BCUT2D eigenvalue weighted by Gasteiger charge is -2.34. The Bertz CT molecular complexity index is 1090. The number of likely N-dealkylation sites (N-methyl/N-ethyl adjacent to an activating group) is 1. The summed E-state index contributed by atoms with van der Waals surface area (Å²) in [6.07, 6.45) is 2.81. The Morgan fingerprint density at radius 1 is 1.20 bits per heavy atom. The smallest absolute Gasteiger partial charge is 0.320 e. The van der Waals surface area contributed by atoms with E-state index in [4.69, 9.17) is 11.6 Å². The first-order chi connectivity index (χ1) is 14.4. The minimum absolute atomic E-state index is 0.0188. The second kappa shape index (κ2) is 8.13. The Morgan fingerprint density at radius 3 is 2.57 bits per heavy atom. The fraction of sp³-hybridized carbons (Fsp3) is 0.318. The van der Waals surface area contributed by atoms with Crippen LogP contribution in [0.4, 0.5) is 9.18 Å². The number of hydrazine groups is 1. The highest BCUT2D eigenvalue weighted by Gasteiger charge is 2.49. The van der Waals surface area contributed by atoms with E-state index in [2.05, 4.69) is 12.3 Å². The number of amides is 2. The van der Waals surface area contributed by atoms with Gasteiger partial charge in [0.1, 0.15) is 10.7 Å². The van der Waals surface area contributed by atoms with Gasteiger partial charge in [-0.1, -0.05) is 30.3 Å². The Kier molecular flexibility index (Phi) is 5.70. The van der Waals surface area contributed by atoms with Crippen molar-refractivity contribution in [2.24, 2.45) is 0 Å². The zero-order valence-corrected chi connectivity index (χ0v) is 18.7. The van der Waals surface area contributed by atoms with Crippen LogP contribution in [0.15, 0.2) is 53.6 Å². The van der Waals surface area contributed by atoms with Crippen molar-refractivity contribution >= 4 is 40.3 Å². The van der Waals surface area contributed by atoms with Crippen molar-refractivity contribution in [2.45, 2.75) is 30.0 Å². The maximum atomic E-state index is 13.5. The molecule has 0 spiro atoms. The van der Waals surface area contributed by atoms with E-state index in [1.165, 1.54) is 12.1 Å². The monoisotopic (exact) mass is 446 g/mol. The molecule has 0 saturated carbocycles. The van der Waals surface area contributed by atoms with Crippen molar-refractivity contribution < 1.29 is 9.18 Å². The largest absolute Gasteiger partial charge is 0.335 e. The molecule has 2 amide bonds. The molecule has 3 aromatic rings. The molecule has 8 heteroatoms. The van der Waals surface area contributed by atoms with Crippen LogP contribution in [0.2, 0.25) is 5.02 Å². The SMILES string of the molecule is CCN1CC(CC)(Sc2cn(-c3ccc(F)cc3)c3ccc(Cl)cc23)N(NC)C1=O. The summed E-state index contributed by atoms with van der Waals surface area (Å²) >= 11 is 7.98. The molecule has 2 heterocycles. The van der Waals surface area contributed by atoms with Gasteiger partial charge in [0, 0.05) is 40.8 Å². The van der Waals surface area contributed by atoms with Gasteiger partial charge in [-0.2, -0.15) is 0 Å². The molecule has 158 valence electrons. The molecule has 0 aliphatic carbocycles. The van der Waals surface area contributed by atoms with Crippen LogP contribution in [0, 0.1) is 5.82 Å². The molecular formula is C22H24ClFN4OS. The predicted octanol–water partition coefficient (Wildman–Crippen LogP) is 5.51. The number of fused-ring (bicyclic) bond motifs is 1. The number of urea groups is 1. The van der Waals surface area contributed by atoms with Crippen LogP contribution < -0.4 is 5.43 Å². The van der Waals surface area contributed by atoms with Gasteiger partial charge in [-0.3, -0.25) is 0 Å². The van der Waals surface area contributed by atoms with Gasteiger partial charge >= 0.3 is 6.03 Å². The molecule has 30 heavy (non-hydrogen) atoms. The van der Waals surface area contributed by atoms with Crippen LogP contribution in [0.5, 0.6) is 0 Å². The van der Waals surface area contributed by atoms with E-state index >= 15 is 0 Å². The third-order valence-corrected chi connectivity index (χ3v) is 7.36. The van der Waals surface area contributed by atoms with E-state index in [0.717, 1.165) is 27.9 Å². The molecule has 1 N–H and O–H groups in total. The predicted molar refractivity (Wildman–Crippen MR) is 121 cm³/mol. The normalized spacial score (nSPS) is 19.3. The molecule has 1 atom stereocenters. The first-order valence-corrected chi connectivity index (χ1v) is 11.1. The van der Waals surface area contributed by atoms with Gasteiger partial charge in [0.05, 0.1) is 12.1 Å².